The van der Waals surface area contributed by atoms with Crippen LogP contribution < -0.4 is 5.73 Å². The smallest absolute Gasteiger partial charge is 0.123 e. The highest BCUT2D eigenvalue weighted by molar-refractivity contribution is 5.96. The van der Waals surface area contributed by atoms with Crippen LogP contribution in [0.3, 0.4) is 0 Å². The summed E-state index contributed by atoms with van der Waals surface area (Å²) < 4.78 is 0. The van der Waals surface area contributed by atoms with Crippen LogP contribution in [0.2, 0.25) is 0 Å². The third kappa shape index (κ3) is 3.14. The van der Waals surface area contributed by atoms with Crippen molar-refractivity contribution in [1.82, 2.24) is 4.90 Å². The van der Waals surface area contributed by atoms with Gasteiger partial charge in [-0.3, -0.25) is 10.3 Å². The van der Waals surface area contributed by atoms with E-state index in [9.17, 15) is 0 Å². The molecule has 1 heterocycles. The van der Waals surface area contributed by atoms with Gasteiger partial charge in [-0.1, -0.05) is 54.6 Å². The fraction of sp³-hybridized carbons (Fsp3) is 0.278. The Morgan fingerprint density at radius 3 is 2.57 bits per heavy atom. The van der Waals surface area contributed by atoms with Gasteiger partial charge in [0.2, 0.25) is 0 Å². The number of benzene rings is 2. The highest BCUT2D eigenvalue weighted by Gasteiger charge is 2.24. The van der Waals surface area contributed by atoms with E-state index in [0.717, 1.165) is 30.8 Å². The highest BCUT2D eigenvalue weighted by Crippen LogP contribution is 2.28. The van der Waals surface area contributed by atoms with Crippen LogP contribution in [0.15, 0.2) is 54.6 Å². The molecule has 21 heavy (non-hydrogen) atoms. The van der Waals surface area contributed by atoms with Gasteiger partial charge < -0.3 is 5.73 Å². The number of amidine groups is 1. The zero-order valence-corrected chi connectivity index (χ0v) is 12.1. The summed E-state index contributed by atoms with van der Waals surface area (Å²) in [7, 11) is 0. The lowest BCUT2D eigenvalue weighted by Crippen LogP contribution is -2.22. The topological polar surface area (TPSA) is 53.1 Å². The zero-order valence-electron chi connectivity index (χ0n) is 12.1. The van der Waals surface area contributed by atoms with Gasteiger partial charge in [0.25, 0.3) is 0 Å². The van der Waals surface area contributed by atoms with Gasteiger partial charge in [-0.05, 0) is 30.0 Å². The van der Waals surface area contributed by atoms with E-state index in [1.807, 2.05) is 18.2 Å². The van der Waals surface area contributed by atoms with Crippen LogP contribution in [0.5, 0.6) is 0 Å². The average Bonchev–Trinajstić information content (AvgIpc) is 2.97. The Morgan fingerprint density at radius 1 is 1.10 bits per heavy atom. The van der Waals surface area contributed by atoms with E-state index >= 15 is 0 Å². The minimum atomic E-state index is 0.157. The van der Waals surface area contributed by atoms with E-state index in [2.05, 4.69) is 41.3 Å². The first-order valence-corrected chi connectivity index (χ1v) is 7.43. The predicted octanol–water partition coefficient (Wildman–Crippen LogP) is 2.96. The van der Waals surface area contributed by atoms with Gasteiger partial charge in [-0.15, -0.1) is 0 Å². The number of nitrogens with one attached hydrogen (secondary N) is 1. The second-order valence-corrected chi connectivity index (χ2v) is 5.70. The first-order valence-electron chi connectivity index (χ1n) is 7.43. The summed E-state index contributed by atoms with van der Waals surface area (Å²) in [6.45, 7) is 3.06. The van der Waals surface area contributed by atoms with Crippen molar-refractivity contribution in [2.75, 3.05) is 13.1 Å². The molecular formula is C18H21N3. The molecule has 3 heteroatoms. The molecule has 3 nitrogen and oxygen atoms in total. The van der Waals surface area contributed by atoms with Crippen LogP contribution in [0.4, 0.5) is 0 Å². The fourth-order valence-electron chi connectivity index (χ4n) is 3.14. The molecule has 1 atom stereocenters. The maximum absolute atomic E-state index is 7.68. The Balaban J connectivity index is 1.69. The average molecular weight is 279 g/mol. The van der Waals surface area contributed by atoms with Crippen molar-refractivity contribution < 1.29 is 0 Å². The predicted molar refractivity (Wildman–Crippen MR) is 86.5 cm³/mol. The first kappa shape index (κ1) is 13.8. The lowest BCUT2D eigenvalue weighted by molar-refractivity contribution is 0.326. The maximum Gasteiger partial charge on any atom is 0.123 e. The molecule has 0 aliphatic carbocycles. The van der Waals surface area contributed by atoms with Gasteiger partial charge in [0, 0.05) is 18.7 Å². The Bertz CT molecular complexity index is 621. The summed E-state index contributed by atoms with van der Waals surface area (Å²) in [6.07, 6.45) is 1.20. The van der Waals surface area contributed by atoms with Crippen molar-refractivity contribution in [3.63, 3.8) is 0 Å². The molecule has 1 aliphatic rings. The third-order valence-corrected chi connectivity index (χ3v) is 4.24. The third-order valence-electron chi connectivity index (χ3n) is 4.24. The molecule has 1 saturated heterocycles. The van der Waals surface area contributed by atoms with Crippen molar-refractivity contribution in [3.05, 3.63) is 71.3 Å². The number of likely N-dealkylation sites (tertiary alicyclic amines) is 1. The van der Waals surface area contributed by atoms with Crippen LogP contribution in [0.25, 0.3) is 0 Å². The second-order valence-electron chi connectivity index (χ2n) is 5.70. The van der Waals surface area contributed by atoms with Gasteiger partial charge in [-0.2, -0.15) is 0 Å². The van der Waals surface area contributed by atoms with Crippen molar-refractivity contribution in [1.29, 1.82) is 5.41 Å². The SMILES string of the molecule is N=C(N)c1ccccc1CN1CCC(c2ccccc2)C1. The van der Waals surface area contributed by atoms with Crippen LogP contribution in [-0.4, -0.2) is 23.8 Å². The van der Waals surface area contributed by atoms with Crippen LogP contribution in [0, 0.1) is 5.41 Å². The number of nitrogens with two attached hydrogens (primary N) is 1. The van der Waals surface area contributed by atoms with Gasteiger partial charge in [0.05, 0.1) is 0 Å². The molecule has 2 aromatic rings. The number of nitrogens with zero attached hydrogens (tertiary/aromatic N) is 1. The second kappa shape index (κ2) is 6.10. The lowest BCUT2D eigenvalue weighted by atomic mass is 9.99. The quantitative estimate of drug-likeness (QED) is 0.668. The molecule has 0 spiro atoms. The Morgan fingerprint density at radius 2 is 1.81 bits per heavy atom. The molecule has 2 aromatic carbocycles. The van der Waals surface area contributed by atoms with E-state index in [1.54, 1.807) is 0 Å². The number of nitrogen functional groups attached to an aromatic ring is 1. The standard InChI is InChI=1S/C18H21N3/c19-18(20)17-9-5-4-8-16(17)13-21-11-10-15(12-21)14-6-2-1-3-7-14/h1-9,15H,10-13H2,(H3,19,20). The Hall–Kier alpha value is -2.13. The van der Waals surface area contributed by atoms with Crippen LogP contribution >= 0.6 is 0 Å². The van der Waals surface area contributed by atoms with Crippen molar-refractivity contribution in [2.24, 2.45) is 5.73 Å². The molecule has 3 rings (SSSR count). The van der Waals surface area contributed by atoms with E-state index in [4.69, 9.17) is 11.1 Å². The van der Waals surface area contributed by atoms with E-state index < -0.39 is 0 Å². The number of hydrogen-bond acceptors (Lipinski definition) is 2. The molecule has 108 valence electrons. The molecule has 0 saturated carbocycles. The van der Waals surface area contributed by atoms with Crippen LogP contribution in [-0.2, 0) is 6.54 Å². The highest BCUT2D eigenvalue weighted by atomic mass is 15.1. The summed E-state index contributed by atoms with van der Waals surface area (Å²) >= 11 is 0. The summed E-state index contributed by atoms with van der Waals surface area (Å²) in [5.74, 6) is 0.778. The monoisotopic (exact) mass is 279 g/mol. The van der Waals surface area contributed by atoms with E-state index in [1.165, 1.54) is 12.0 Å². The first-order chi connectivity index (χ1) is 10.2. The molecule has 0 bridgehead atoms. The number of hydrogen-bond donors (Lipinski definition) is 2. The molecule has 1 aliphatic heterocycles. The molecule has 0 radical (unpaired) electrons. The minimum Gasteiger partial charge on any atom is -0.384 e. The minimum absolute atomic E-state index is 0.157. The molecular weight excluding hydrogens is 258 g/mol. The van der Waals surface area contributed by atoms with Crippen molar-refractivity contribution >= 4 is 5.84 Å². The normalized spacial score (nSPS) is 18.8. The molecule has 1 fully saturated rings. The van der Waals surface area contributed by atoms with Crippen molar-refractivity contribution in [2.45, 2.75) is 18.9 Å². The van der Waals surface area contributed by atoms with Crippen molar-refractivity contribution in [3.8, 4) is 0 Å². The number of rotatable bonds is 4. The van der Waals surface area contributed by atoms with Gasteiger partial charge in [0.1, 0.15) is 5.84 Å². The summed E-state index contributed by atoms with van der Waals surface area (Å²) in [5, 5.41) is 7.68. The van der Waals surface area contributed by atoms with Gasteiger partial charge in [0.15, 0.2) is 0 Å². The largest absolute Gasteiger partial charge is 0.384 e. The molecule has 1 unspecified atom stereocenters. The van der Waals surface area contributed by atoms with Gasteiger partial charge in [-0.25, -0.2) is 0 Å². The molecule has 3 N–H and O–H groups in total. The summed E-state index contributed by atoms with van der Waals surface area (Å²) in [5.41, 5.74) is 9.12. The zero-order chi connectivity index (χ0) is 14.7. The summed E-state index contributed by atoms with van der Waals surface area (Å²) in [6, 6.07) is 18.7. The maximum atomic E-state index is 7.68. The van der Waals surface area contributed by atoms with Crippen LogP contribution in [0.1, 0.15) is 29.0 Å². The Labute approximate surface area is 125 Å². The fourth-order valence-corrected chi connectivity index (χ4v) is 3.14. The lowest BCUT2D eigenvalue weighted by Gasteiger charge is -2.18. The van der Waals surface area contributed by atoms with Gasteiger partial charge >= 0.3 is 0 Å². The van der Waals surface area contributed by atoms with E-state index in [0.29, 0.717) is 5.92 Å². The summed E-state index contributed by atoms with van der Waals surface area (Å²) in [4.78, 5) is 2.46. The molecule has 0 aromatic heterocycles. The molecule has 0 amide bonds. The Kier molecular flexibility index (Phi) is 4.02. The van der Waals surface area contributed by atoms with E-state index in [-0.39, 0.29) is 5.84 Å².